The SMILES string of the molecule is CC(CO)(CCSC(F)(F)F)C1CC1. The topological polar surface area (TPSA) is 20.2 Å². The molecule has 0 aromatic carbocycles. The van der Waals surface area contributed by atoms with Crippen LogP contribution in [0.1, 0.15) is 26.2 Å². The standard InChI is InChI=1S/C9H15F3OS/c1-8(6-13,7-2-3-7)4-5-14-9(10,11)12/h7,13H,2-6H2,1H3. The Balaban J connectivity index is 2.27. The third-order valence-electron chi connectivity index (χ3n) is 2.86. The van der Waals surface area contributed by atoms with Crippen molar-refractivity contribution >= 4 is 11.8 Å². The molecule has 1 saturated carbocycles. The van der Waals surface area contributed by atoms with Gasteiger partial charge in [0.2, 0.25) is 0 Å². The number of hydrogen-bond acceptors (Lipinski definition) is 2. The molecule has 14 heavy (non-hydrogen) atoms. The number of aliphatic hydroxyl groups is 1. The Bertz CT molecular complexity index is 191. The molecule has 1 N–H and O–H groups in total. The van der Waals surface area contributed by atoms with E-state index >= 15 is 0 Å². The molecule has 84 valence electrons. The van der Waals surface area contributed by atoms with E-state index in [9.17, 15) is 13.2 Å². The van der Waals surface area contributed by atoms with Crippen LogP contribution in [0, 0.1) is 11.3 Å². The van der Waals surface area contributed by atoms with E-state index in [1.807, 2.05) is 6.92 Å². The van der Waals surface area contributed by atoms with Gasteiger partial charge in [0, 0.05) is 12.4 Å². The van der Waals surface area contributed by atoms with Crippen LogP contribution in [0.2, 0.25) is 0 Å². The van der Waals surface area contributed by atoms with Gasteiger partial charge in [0.25, 0.3) is 0 Å². The van der Waals surface area contributed by atoms with E-state index in [2.05, 4.69) is 0 Å². The highest BCUT2D eigenvalue weighted by atomic mass is 32.2. The predicted octanol–water partition coefficient (Wildman–Crippen LogP) is 3.04. The van der Waals surface area contributed by atoms with Gasteiger partial charge in [-0.25, -0.2) is 0 Å². The largest absolute Gasteiger partial charge is 0.441 e. The summed E-state index contributed by atoms with van der Waals surface area (Å²) in [5.74, 6) is 0.484. The Labute approximate surface area is 86.1 Å². The summed E-state index contributed by atoms with van der Waals surface area (Å²) >= 11 is 0.00988. The minimum absolute atomic E-state index is 0.00389. The second-order valence-electron chi connectivity index (χ2n) is 4.13. The third kappa shape index (κ3) is 3.69. The molecule has 0 aromatic rings. The number of thioether (sulfide) groups is 1. The van der Waals surface area contributed by atoms with Crippen LogP contribution in [0.15, 0.2) is 0 Å². The Hall–Kier alpha value is 0.100. The van der Waals surface area contributed by atoms with Crippen LogP contribution in [-0.2, 0) is 0 Å². The lowest BCUT2D eigenvalue weighted by Gasteiger charge is -2.27. The highest BCUT2D eigenvalue weighted by molar-refractivity contribution is 8.00. The maximum Gasteiger partial charge on any atom is 0.441 e. The number of aliphatic hydroxyl groups excluding tert-OH is 1. The smallest absolute Gasteiger partial charge is 0.396 e. The molecule has 1 aliphatic carbocycles. The van der Waals surface area contributed by atoms with Gasteiger partial charge in [-0.1, -0.05) is 18.7 Å². The highest BCUT2D eigenvalue weighted by Crippen LogP contribution is 2.48. The first kappa shape index (κ1) is 12.2. The molecule has 5 heteroatoms. The number of alkyl halides is 3. The number of hydrogen-bond donors (Lipinski definition) is 1. The maximum atomic E-state index is 11.9. The van der Waals surface area contributed by atoms with Gasteiger partial charge in [-0.15, -0.1) is 0 Å². The van der Waals surface area contributed by atoms with Crippen molar-refractivity contribution in [2.75, 3.05) is 12.4 Å². The van der Waals surface area contributed by atoms with E-state index in [-0.39, 0.29) is 29.5 Å². The van der Waals surface area contributed by atoms with Crippen molar-refractivity contribution in [1.29, 1.82) is 0 Å². The summed E-state index contributed by atoms with van der Waals surface area (Å²) in [5.41, 5.74) is -4.43. The van der Waals surface area contributed by atoms with Crippen molar-refractivity contribution in [3.05, 3.63) is 0 Å². The Morgan fingerprint density at radius 2 is 1.93 bits per heavy atom. The van der Waals surface area contributed by atoms with E-state index in [4.69, 9.17) is 5.11 Å². The van der Waals surface area contributed by atoms with Gasteiger partial charge < -0.3 is 5.11 Å². The summed E-state index contributed by atoms with van der Waals surface area (Å²) in [5, 5.41) is 9.13. The average molecular weight is 228 g/mol. The summed E-state index contributed by atoms with van der Waals surface area (Å²) in [4.78, 5) is 0. The molecule has 1 rings (SSSR count). The van der Waals surface area contributed by atoms with Crippen molar-refractivity contribution in [2.45, 2.75) is 31.7 Å². The van der Waals surface area contributed by atoms with Gasteiger partial charge in [0.15, 0.2) is 0 Å². The van der Waals surface area contributed by atoms with Gasteiger partial charge in [0.05, 0.1) is 0 Å². The van der Waals surface area contributed by atoms with Crippen LogP contribution in [0.25, 0.3) is 0 Å². The fourth-order valence-corrected chi connectivity index (χ4v) is 2.39. The molecule has 0 heterocycles. The van der Waals surface area contributed by atoms with E-state index in [0.29, 0.717) is 12.3 Å². The molecule has 0 bridgehead atoms. The Kier molecular flexibility index (Phi) is 3.75. The van der Waals surface area contributed by atoms with Crippen LogP contribution in [-0.4, -0.2) is 23.0 Å². The predicted molar refractivity (Wildman–Crippen MR) is 51.0 cm³/mol. The summed E-state index contributed by atoms with van der Waals surface area (Å²) in [6.45, 7) is 1.87. The van der Waals surface area contributed by atoms with Gasteiger partial charge in [-0.2, -0.15) is 13.2 Å². The monoisotopic (exact) mass is 228 g/mol. The summed E-state index contributed by atoms with van der Waals surface area (Å²) < 4.78 is 35.6. The van der Waals surface area contributed by atoms with Crippen LogP contribution < -0.4 is 0 Å². The van der Waals surface area contributed by atoms with Crippen LogP contribution in [0.4, 0.5) is 13.2 Å². The second kappa shape index (κ2) is 4.31. The third-order valence-corrected chi connectivity index (χ3v) is 3.60. The number of rotatable bonds is 5. The molecular formula is C9H15F3OS. The van der Waals surface area contributed by atoms with Gasteiger partial charge in [-0.05, 0) is 30.6 Å². The van der Waals surface area contributed by atoms with Crippen molar-refractivity contribution < 1.29 is 18.3 Å². The van der Waals surface area contributed by atoms with E-state index in [1.165, 1.54) is 0 Å². The first-order valence-corrected chi connectivity index (χ1v) is 5.67. The molecule has 1 fully saturated rings. The maximum absolute atomic E-state index is 11.9. The lowest BCUT2D eigenvalue weighted by atomic mass is 9.83. The van der Waals surface area contributed by atoms with Gasteiger partial charge in [-0.3, -0.25) is 0 Å². The fourth-order valence-electron chi connectivity index (χ4n) is 1.59. The average Bonchev–Trinajstić information content (AvgIpc) is 2.83. The van der Waals surface area contributed by atoms with Gasteiger partial charge >= 0.3 is 5.51 Å². The lowest BCUT2D eigenvalue weighted by Crippen LogP contribution is -2.25. The Morgan fingerprint density at radius 3 is 2.29 bits per heavy atom. The van der Waals surface area contributed by atoms with Crippen molar-refractivity contribution in [2.24, 2.45) is 11.3 Å². The van der Waals surface area contributed by atoms with Crippen molar-refractivity contribution in [1.82, 2.24) is 0 Å². The molecule has 0 aromatic heterocycles. The first-order chi connectivity index (χ1) is 6.37. The quantitative estimate of drug-likeness (QED) is 0.780. The molecule has 0 amide bonds. The fraction of sp³-hybridized carbons (Fsp3) is 1.00. The molecule has 0 saturated heterocycles. The number of halogens is 3. The zero-order chi connectivity index (χ0) is 10.8. The second-order valence-corrected chi connectivity index (χ2v) is 5.29. The lowest BCUT2D eigenvalue weighted by molar-refractivity contribution is -0.0330. The summed E-state index contributed by atoms with van der Waals surface area (Å²) in [6.07, 6.45) is 2.54. The molecule has 1 unspecified atom stereocenters. The normalized spacial score (nSPS) is 22.1. The molecule has 0 radical (unpaired) electrons. The zero-order valence-electron chi connectivity index (χ0n) is 8.10. The van der Waals surface area contributed by atoms with Crippen LogP contribution >= 0.6 is 11.8 Å². The van der Waals surface area contributed by atoms with E-state index in [1.54, 1.807) is 0 Å². The Morgan fingerprint density at radius 1 is 1.36 bits per heavy atom. The molecule has 0 spiro atoms. The highest BCUT2D eigenvalue weighted by Gasteiger charge is 2.41. The van der Waals surface area contributed by atoms with E-state index < -0.39 is 5.51 Å². The molecule has 0 aliphatic heterocycles. The molecular weight excluding hydrogens is 213 g/mol. The van der Waals surface area contributed by atoms with Crippen LogP contribution in [0.5, 0.6) is 0 Å². The zero-order valence-corrected chi connectivity index (χ0v) is 8.92. The minimum Gasteiger partial charge on any atom is -0.396 e. The van der Waals surface area contributed by atoms with Gasteiger partial charge in [0.1, 0.15) is 0 Å². The van der Waals surface area contributed by atoms with Crippen molar-refractivity contribution in [3.63, 3.8) is 0 Å². The summed E-state index contributed by atoms with van der Waals surface area (Å²) in [7, 11) is 0. The van der Waals surface area contributed by atoms with E-state index in [0.717, 1.165) is 12.8 Å². The molecule has 1 nitrogen and oxygen atoms in total. The van der Waals surface area contributed by atoms with Crippen molar-refractivity contribution in [3.8, 4) is 0 Å². The molecule has 1 aliphatic rings. The minimum atomic E-state index is -4.14. The summed E-state index contributed by atoms with van der Waals surface area (Å²) in [6, 6.07) is 0. The molecule has 1 atom stereocenters. The first-order valence-electron chi connectivity index (χ1n) is 4.69. The van der Waals surface area contributed by atoms with Crippen LogP contribution in [0.3, 0.4) is 0 Å².